The highest BCUT2D eigenvalue weighted by molar-refractivity contribution is 5.77. The number of hydrogen-bond acceptors (Lipinski definition) is 1. The van der Waals surface area contributed by atoms with E-state index in [1.54, 1.807) is 0 Å². The zero-order chi connectivity index (χ0) is 9.82. The summed E-state index contributed by atoms with van der Waals surface area (Å²) >= 11 is 0. The predicted octanol–water partition coefficient (Wildman–Crippen LogP) is 2.73. The molecule has 1 aliphatic heterocycles. The Bertz CT molecular complexity index is 81.8. The smallest absolute Gasteiger partial charge is 0.220 e. The Labute approximate surface area is 76.7 Å². The lowest BCUT2D eigenvalue weighted by Crippen LogP contribution is -2.12. The minimum Gasteiger partial charge on any atom is -0.356 e. The van der Waals surface area contributed by atoms with Crippen LogP contribution in [-0.4, -0.2) is 12.5 Å². The van der Waals surface area contributed by atoms with Gasteiger partial charge in [-0.1, -0.05) is 40.5 Å². The van der Waals surface area contributed by atoms with Crippen molar-refractivity contribution in [3.63, 3.8) is 0 Å². The van der Waals surface area contributed by atoms with E-state index >= 15 is 0 Å². The van der Waals surface area contributed by atoms with Gasteiger partial charge in [-0.2, -0.15) is 0 Å². The lowest BCUT2D eigenvalue weighted by Gasteiger charge is -1.80. The van der Waals surface area contributed by atoms with Gasteiger partial charge in [-0.25, -0.2) is 0 Å². The van der Waals surface area contributed by atoms with Crippen molar-refractivity contribution in [2.45, 2.75) is 53.4 Å². The molecule has 1 fully saturated rings. The number of carbonyl (C=O) groups excluding carboxylic acids is 1. The Morgan fingerprint density at radius 2 is 1.75 bits per heavy atom. The van der Waals surface area contributed by atoms with Gasteiger partial charge in [0.15, 0.2) is 0 Å². The van der Waals surface area contributed by atoms with Crippen LogP contribution in [0.25, 0.3) is 0 Å². The van der Waals surface area contributed by atoms with Gasteiger partial charge in [0.2, 0.25) is 5.91 Å². The van der Waals surface area contributed by atoms with Crippen LogP contribution in [0.4, 0.5) is 0 Å². The summed E-state index contributed by atoms with van der Waals surface area (Å²) in [7, 11) is 0. The van der Waals surface area contributed by atoms with E-state index in [2.05, 4.69) is 19.2 Å². The Hall–Kier alpha value is -0.530. The Morgan fingerprint density at radius 1 is 1.25 bits per heavy atom. The summed E-state index contributed by atoms with van der Waals surface area (Å²) in [5, 5.41) is 2.68. The van der Waals surface area contributed by atoms with Crippen LogP contribution in [0.3, 0.4) is 0 Å². The van der Waals surface area contributed by atoms with Crippen molar-refractivity contribution in [1.82, 2.24) is 5.32 Å². The first-order chi connectivity index (χ1) is 5.81. The number of amides is 1. The van der Waals surface area contributed by atoms with Crippen LogP contribution < -0.4 is 5.32 Å². The zero-order valence-corrected chi connectivity index (χ0v) is 8.94. The molecule has 2 nitrogen and oxygen atoms in total. The molecule has 1 amide bonds. The van der Waals surface area contributed by atoms with Gasteiger partial charge in [-0.15, -0.1) is 0 Å². The lowest BCUT2D eigenvalue weighted by molar-refractivity contribution is -0.119. The fourth-order valence-corrected chi connectivity index (χ4v) is 0.565. The number of unbranched alkanes of at least 4 members (excludes halogenated alkanes) is 1. The third-order valence-corrected chi connectivity index (χ3v) is 1.40. The Morgan fingerprint density at radius 3 is 1.83 bits per heavy atom. The second-order valence-electron chi connectivity index (χ2n) is 2.45. The van der Waals surface area contributed by atoms with Gasteiger partial charge < -0.3 is 5.32 Å². The van der Waals surface area contributed by atoms with Crippen molar-refractivity contribution in [3.8, 4) is 0 Å². The molecule has 0 aromatic rings. The van der Waals surface area contributed by atoms with Crippen LogP contribution in [0.2, 0.25) is 0 Å². The van der Waals surface area contributed by atoms with E-state index < -0.39 is 0 Å². The molecule has 0 aromatic carbocycles. The van der Waals surface area contributed by atoms with E-state index in [0.717, 1.165) is 19.4 Å². The molecule has 0 bridgehead atoms. The number of carbonyl (C=O) groups is 1. The summed E-state index contributed by atoms with van der Waals surface area (Å²) in [5.74, 6) is 0.204. The fourth-order valence-electron chi connectivity index (χ4n) is 0.565. The molecule has 0 atom stereocenters. The van der Waals surface area contributed by atoms with Crippen LogP contribution in [0.5, 0.6) is 0 Å². The fraction of sp³-hybridized carbons (Fsp3) is 0.900. The van der Waals surface area contributed by atoms with Gasteiger partial charge in [-0.05, 0) is 6.42 Å². The largest absolute Gasteiger partial charge is 0.356 e. The van der Waals surface area contributed by atoms with Gasteiger partial charge in [0.25, 0.3) is 0 Å². The van der Waals surface area contributed by atoms with E-state index in [-0.39, 0.29) is 5.91 Å². The van der Waals surface area contributed by atoms with Gasteiger partial charge in [-0.3, -0.25) is 4.79 Å². The third-order valence-electron chi connectivity index (χ3n) is 1.40. The maximum Gasteiger partial charge on any atom is 0.220 e. The summed E-state index contributed by atoms with van der Waals surface area (Å²) in [6.45, 7) is 9.25. The van der Waals surface area contributed by atoms with E-state index in [0.29, 0.717) is 0 Å². The van der Waals surface area contributed by atoms with Gasteiger partial charge in [0.1, 0.15) is 0 Å². The minimum atomic E-state index is 0.204. The molecule has 74 valence electrons. The summed E-state index contributed by atoms with van der Waals surface area (Å²) in [6.07, 6.45) is 4.40. The van der Waals surface area contributed by atoms with Crippen LogP contribution in [-0.2, 0) is 4.79 Å². The number of hydrogen-bond donors (Lipinski definition) is 1. The molecule has 1 N–H and O–H groups in total. The van der Waals surface area contributed by atoms with Crippen molar-refractivity contribution in [2.24, 2.45) is 0 Å². The molecular weight excluding hydrogens is 150 g/mol. The Balaban J connectivity index is 0. The van der Waals surface area contributed by atoms with Crippen LogP contribution in [0.15, 0.2) is 0 Å². The van der Waals surface area contributed by atoms with E-state index in [1.165, 1.54) is 12.8 Å². The summed E-state index contributed by atoms with van der Waals surface area (Å²) < 4.78 is 0. The molecule has 0 saturated carbocycles. The van der Waals surface area contributed by atoms with Crippen molar-refractivity contribution < 1.29 is 4.79 Å². The standard InChI is InChI=1S/C4H7NO.C4H10.C2H6/c6-4-2-1-3-5-4;1-3-4-2;1-2/h1-3H2,(H,5,6);3-4H2,1-2H3;1-2H3. The maximum absolute atomic E-state index is 10.1. The second-order valence-corrected chi connectivity index (χ2v) is 2.45. The molecule has 0 aromatic heterocycles. The quantitative estimate of drug-likeness (QED) is 0.649. The summed E-state index contributed by atoms with van der Waals surface area (Å²) in [6, 6.07) is 0. The highest BCUT2D eigenvalue weighted by Gasteiger charge is 2.05. The molecule has 0 radical (unpaired) electrons. The number of nitrogens with one attached hydrogen (secondary N) is 1. The third kappa shape index (κ3) is 12.2. The van der Waals surface area contributed by atoms with Crippen LogP contribution in [0.1, 0.15) is 53.4 Å². The molecule has 2 heteroatoms. The number of rotatable bonds is 1. The molecule has 12 heavy (non-hydrogen) atoms. The molecule has 1 aliphatic rings. The predicted molar refractivity (Wildman–Crippen MR) is 54.2 cm³/mol. The highest BCUT2D eigenvalue weighted by atomic mass is 16.1. The van der Waals surface area contributed by atoms with Crippen molar-refractivity contribution in [3.05, 3.63) is 0 Å². The minimum absolute atomic E-state index is 0.204. The van der Waals surface area contributed by atoms with Crippen molar-refractivity contribution in [1.29, 1.82) is 0 Å². The van der Waals surface area contributed by atoms with Crippen molar-refractivity contribution >= 4 is 5.91 Å². The van der Waals surface area contributed by atoms with E-state index in [4.69, 9.17) is 0 Å². The first kappa shape index (κ1) is 14.0. The van der Waals surface area contributed by atoms with Gasteiger partial charge >= 0.3 is 0 Å². The molecule has 0 unspecified atom stereocenters. The SMILES string of the molecule is CC.CCCC.O=C1CCCN1. The molecule has 0 aliphatic carbocycles. The van der Waals surface area contributed by atoms with Gasteiger partial charge in [0.05, 0.1) is 0 Å². The van der Waals surface area contributed by atoms with Crippen LogP contribution >= 0.6 is 0 Å². The Kier molecular flexibility index (Phi) is 15.3. The van der Waals surface area contributed by atoms with Gasteiger partial charge in [0, 0.05) is 13.0 Å². The maximum atomic E-state index is 10.1. The molecule has 1 rings (SSSR count). The van der Waals surface area contributed by atoms with Crippen LogP contribution in [0, 0.1) is 0 Å². The molecule has 1 heterocycles. The normalized spacial score (nSPS) is 13.5. The van der Waals surface area contributed by atoms with Crippen molar-refractivity contribution in [2.75, 3.05) is 6.54 Å². The monoisotopic (exact) mass is 173 g/mol. The first-order valence-electron chi connectivity index (χ1n) is 5.08. The molecule has 1 saturated heterocycles. The molecule has 0 spiro atoms. The zero-order valence-electron chi connectivity index (χ0n) is 8.94. The summed E-state index contributed by atoms with van der Waals surface area (Å²) in [5.41, 5.74) is 0. The second kappa shape index (κ2) is 13.1. The first-order valence-corrected chi connectivity index (χ1v) is 5.08. The summed E-state index contributed by atoms with van der Waals surface area (Å²) in [4.78, 5) is 10.1. The average molecular weight is 173 g/mol. The molecular formula is C10H23NO. The lowest BCUT2D eigenvalue weighted by atomic mass is 10.4. The van der Waals surface area contributed by atoms with E-state index in [1.807, 2.05) is 13.8 Å². The topological polar surface area (TPSA) is 29.1 Å². The van der Waals surface area contributed by atoms with E-state index in [9.17, 15) is 4.79 Å². The highest BCUT2D eigenvalue weighted by Crippen LogP contribution is 1.93. The average Bonchev–Trinajstić information content (AvgIpc) is 2.60.